The Bertz CT molecular complexity index is 655. The van der Waals surface area contributed by atoms with Gasteiger partial charge in [-0.15, -0.1) is 0 Å². The molecule has 2 atom stereocenters. The summed E-state index contributed by atoms with van der Waals surface area (Å²) in [4.78, 5) is 2.27. The second-order valence-corrected chi connectivity index (χ2v) is 7.05. The predicted molar refractivity (Wildman–Crippen MR) is 103 cm³/mol. The molecule has 1 fully saturated rings. The highest BCUT2D eigenvalue weighted by Gasteiger charge is 2.21. The Morgan fingerprint density at radius 2 is 1.92 bits per heavy atom. The van der Waals surface area contributed by atoms with Crippen LogP contribution < -0.4 is 4.74 Å². The first-order valence-electron chi connectivity index (χ1n) is 9.45. The van der Waals surface area contributed by atoms with Crippen LogP contribution in [0.4, 0.5) is 0 Å². The lowest BCUT2D eigenvalue weighted by Crippen LogP contribution is -2.39. The Kier molecular flexibility index (Phi) is 7.06. The molecule has 0 aromatic heterocycles. The molecule has 0 bridgehead atoms. The molecule has 4 nitrogen and oxygen atoms in total. The van der Waals surface area contributed by atoms with Crippen molar-refractivity contribution in [1.82, 2.24) is 4.90 Å². The maximum Gasteiger partial charge on any atom is 0.122 e. The van der Waals surface area contributed by atoms with Gasteiger partial charge in [-0.05, 0) is 37.0 Å². The molecule has 0 radical (unpaired) electrons. The minimum absolute atomic E-state index is 0.267. The number of nitrogens with zero attached hydrogens (tertiary/aromatic N) is 1. The number of ether oxygens (including phenoxy) is 2. The van der Waals surface area contributed by atoms with Crippen molar-refractivity contribution in [1.29, 1.82) is 0 Å². The van der Waals surface area contributed by atoms with E-state index in [9.17, 15) is 5.11 Å². The van der Waals surface area contributed by atoms with Crippen molar-refractivity contribution in [3.05, 3.63) is 65.7 Å². The topological polar surface area (TPSA) is 41.9 Å². The maximum atomic E-state index is 10.5. The van der Waals surface area contributed by atoms with Crippen molar-refractivity contribution < 1.29 is 14.6 Å². The quantitative estimate of drug-likeness (QED) is 0.748. The van der Waals surface area contributed by atoms with Gasteiger partial charge in [0.15, 0.2) is 0 Å². The van der Waals surface area contributed by atoms with Crippen molar-refractivity contribution in [3.63, 3.8) is 0 Å². The molecule has 0 amide bonds. The van der Waals surface area contributed by atoms with Crippen LogP contribution in [0.1, 0.15) is 24.0 Å². The van der Waals surface area contributed by atoms with Crippen LogP contribution in [0.2, 0.25) is 0 Å². The number of aliphatic hydroxyl groups is 1. The summed E-state index contributed by atoms with van der Waals surface area (Å²) in [6.07, 6.45) is 1.95. The summed E-state index contributed by atoms with van der Waals surface area (Å²) in [5.41, 5.74) is 2.33. The molecule has 0 unspecified atom stereocenters. The van der Waals surface area contributed by atoms with Crippen molar-refractivity contribution in [2.24, 2.45) is 0 Å². The largest absolute Gasteiger partial charge is 0.491 e. The first kappa shape index (κ1) is 18.9. The Morgan fingerprint density at radius 1 is 1.15 bits per heavy atom. The van der Waals surface area contributed by atoms with E-state index in [0.717, 1.165) is 43.9 Å². The first-order chi connectivity index (χ1) is 12.7. The summed E-state index contributed by atoms with van der Waals surface area (Å²) in [5, 5.41) is 10.5. The van der Waals surface area contributed by atoms with Crippen molar-refractivity contribution >= 4 is 0 Å². The minimum atomic E-state index is -0.542. The molecule has 0 aliphatic carbocycles. The molecule has 26 heavy (non-hydrogen) atoms. The molecule has 1 heterocycles. The van der Waals surface area contributed by atoms with E-state index in [1.165, 1.54) is 5.56 Å². The lowest BCUT2D eigenvalue weighted by molar-refractivity contribution is 0.0313. The van der Waals surface area contributed by atoms with Gasteiger partial charge in [-0.1, -0.05) is 48.5 Å². The van der Waals surface area contributed by atoms with Gasteiger partial charge in [0.25, 0.3) is 0 Å². The average Bonchev–Trinajstić information content (AvgIpc) is 3.15. The summed E-state index contributed by atoms with van der Waals surface area (Å²) in [5.74, 6) is 0.834. The van der Waals surface area contributed by atoms with Gasteiger partial charge < -0.3 is 14.6 Å². The zero-order valence-corrected chi connectivity index (χ0v) is 15.5. The molecule has 1 saturated heterocycles. The fourth-order valence-corrected chi connectivity index (χ4v) is 3.38. The highest BCUT2D eigenvalue weighted by molar-refractivity contribution is 5.31. The Balaban J connectivity index is 1.55. The molecular weight excluding hydrogens is 326 g/mol. The van der Waals surface area contributed by atoms with Crippen LogP contribution in [0.25, 0.3) is 0 Å². The lowest BCUT2D eigenvalue weighted by Gasteiger charge is -2.27. The van der Waals surface area contributed by atoms with Crippen LogP contribution in [0.5, 0.6) is 5.75 Å². The van der Waals surface area contributed by atoms with Crippen LogP contribution in [-0.2, 0) is 11.3 Å². The molecular formula is C22H29NO3. The molecule has 3 rings (SSSR count). The van der Waals surface area contributed by atoms with Crippen molar-refractivity contribution in [2.45, 2.75) is 38.5 Å². The summed E-state index contributed by atoms with van der Waals surface area (Å²) in [6, 6.07) is 18.3. The molecule has 4 heteroatoms. The van der Waals surface area contributed by atoms with Crippen LogP contribution in [-0.4, -0.2) is 48.5 Å². The number of para-hydroxylation sites is 1. The number of aryl methyl sites for hydroxylation is 1. The maximum absolute atomic E-state index is 10.5. The zero-order chi connectivity index (χ0) is 18.2. The van der Waals surface area contributed by atoms with Gasteiger partial charge in [0.2, 0.25) is 0 Å². The third-order valence-corrected chi connectivity index (χ3v) is 4.73. The second kappa shape index (κ2) is 9.72. The van der Waals surface area contributed by atoms with Gasteiger partial charge in [0.1, 0.15) is 18.5 Å². The van der Waals surface area contributed by atoms with Crippen molar-refractivity contribution in [3.8, 4) is 5.75 Å². The van der Waals surface area contributed by atoms with E-state index in [2.05, 4.69) is 29.2 Å². The highest BCUT2D eigenvalue weighted by atomic mass is 16.5. The lowest BCUT2D eigenvalue weighted by atomic mass is 10.1. The van der Waals surface area contributed by atoms with E-state index in [-0.39, 0.29) is 6.10 Å². The fraction of sp³-hybridized carbons (Fsp3) is 0.455. The predicted octanol–water partition coefficient (Wildman–Crippen LogP) is 3.42. The SMILES string of the molecule is Cc1ccccc1OC[C@@H](O)CN(Cc1ccccc1)C[C@H]1CCCO1. The van der Waals surface area contributed by atoms with Crippen LogP contribution in [0.15, 0.2) is 54.6 Å². The zero-order valence-electron chi connectivity index (χ0n) is 15.5. The smallest absolute Gasteiger partial charge is 0.122 e. The third kappa shape index (κ3) is 5.84. The Hall–Kier alpha value is -1.88. The van der Waals surface area contributed by atoms with Crippen molar-refractivity contribution in [2.75, 3.05) is 26.3 Å². The number of aliphatic hydroxyl groups excluding tert-OH is 1. The molecule has 2 aromatic carbocycles. The van der Waals surface area contributed by atoms with E-state index in [1.807, 2.05) is 37.3 Å². The summed E-state index contributed by atoms with van der Waals surface area (Å²) in [7, 11) is 0. The van der Waals surface area contributed by atoms with Crippen LogP contribution >= 0.6 is 0 Å². The first-order valence-corrected chi connectivity index (χ1v) is 9.45. The summed E-state index contributed by atoms with van der Waals surface area (Å²) < 4.78 is 11.6. The standard InChI is InChI=1S/C22H29NO3/c1-18-8-5-6-12-22(18)26-17-20(24)15-23(16-21-11-7-13-25-21)14-19-9-3-2-4-10-19/h2-6,8-10,12,20-21,24H,7,11,13-17H2,1H3/t20-,21+/m0/s1. The van der Waals surface area contributed by atoms with Crippen LogP contribution in [0.3, 0.4) is 0 Å². The van der Waals surface area contributed by atoms with E-state index >= 15 is 0 Å². The van der Waals surface area contributed by atoms with Crippen LogP contribution in [0, 0.1) is 6.92 Å². The number of rotatable bonds is 9. The third-order valence-electron chi connectivity index (χ3n) is 4.73. The van der Waals surface area contributed by atoms with Gasteiger partial charge in [-0.3, -0.25) is 4.90 Å². The number of hydrogen-bond acceptors (Lipinski definition) is 4. The molecule has 140 valence electrons. The fourth-order valence-electron chi connectivity index (χ4n) is 3.38. The second-order valence-electron chi connectivity index (χ2n) is 7.05. The average molecular weight is 355 g/mol. The number of benzene rings is 2. The van der Waals surface area contributed by atoms with Gasteiger partial charge in [0, 0.05) is 26.2 Å². The van der Waals surface area contributed by atoms with Gasteiger partial charge in [-0.25, -0.2) is 0 Å². The Labute approximate surface area is 156 Å². The highest BCUT2D eigenvalue weighted by Crippen LogP contribution is 2.18. The molecule has 0 spiro atoms. The Morgan fingerprint density at radius 3 is 2.65 bits per heavy atom. The number of hydrogen-bond donors (Lipinski definition) is 1. The molecule has 0 saturated carbocycles. The molecule has 1 aliphatic heterocycles. The summed E-state index contributed by atoms with van der Waals surface area (Å²) >= 11 is 0. The molecule has 1 aliphatic rings. The van der Waals surface area contributed by atoms with Gasteiger partial charge >= 0.3 is 0 Å². The van der Waals surface area contributed by atoms with Gasteiger partial charge in [-0.2, -0.15) is 0 Å². The van der Waals surface area contributed by atoms with E-state index in [4.69, 9.17) is 9.47 Å². The van der Waals surface area contributed by atoms with E-state index < -0.39 is 6.10 Å². The normalized spacial score (nSPS) is 18.2. The van der Waals surface area contributed by atoms with Gasteiger partial charge in [0.05, 0.1) is 6.10 Å². The van der Waals surface area contributed by atoms with E-state index in [0.29, 0.717) is 13.2 Å². The summed E-state index contributed by atoms with van der Waals surface area (Å²) in [6.45, 7) is 5.38. The molecule has 1 N–H and O–H groups in total. The molecule has 2 aromatic rings. The monoisotopic (exact) mass is 355 g/mol. The van der Waals surface area contributed by atoms with E-state index in [1.54, 1.807) is 0 Å². The minimum Gasteiger partial charge on any atom is -0.491 e.